The molecule has 1 aromatic carbocycles. The first-order chi connectivity index (χ1) is 7.41. The van der Waals surface area contributed by atoms with Gasteiger partial charge < -0.3 is 5.11 Å². The van der Waals surface area contributed by atoms with Gasteiger partial charge in [-0.15, -0.1) is 0 Å². The molecule has 0 amide bonds. The van der Waals surface area contributed by atoms with Crippen LogP contribution in [0.1, 0.15) is 5.56 Å². The first kappa shape index (κ1) is 12.6. The van der Waals surface area contributed by atoms with Gasteiger partial charge in [0, 0.05) is 6.42 Å². The third kappa shape index (κ3) is 3.00. The number of halogens is 2. The van der Waals surface area contributed by atoms with E-state index in [4.69, 9.17) is 5.11 Å². The standard InChI is InChI=1S/C11H13F2NO2/c1-14(2)10(11(15)16)6-7-5-8(12)3-4-9(7)13/h3-5,10H,6H2,1-2H3,(H,15,16). The molecule has 0 aromatic heterocycles. The molecule has 0 saturated heterocycles. The Morgan fingerprint density at radius 2 is 2.06 bits per heavy atom. The van der Waals surface area contributed by atoms with Crippen LogP contribution < -0.4 is 0 Å². The van der Waals surface area contributed by atoms with Crippen molar-refractivity contribution in [3.8, 4) is 0 Å². The molecular formula is C11H13F2NO2. The van der Waals surface area contributed by atoms with E-state index in [0.29, 0.717) is 0 Å². The lowest BCUT2D eigenvalue weighted by Gasteiger charge is -2.20. The van der Waals surface area contributed by atoms with Gasteiger partial charge >= 0.3 is 5.97 Å². The van der Waals surface area contributed by atoms with Gasteiger partial charge in [0.15, 0.2) is 0 Å². The molecule has 3 nitrogen and oxygen atoms in total. The zero-order valence-electron chi connectivity index (χ0n) is 9.08. The number of likely N-dealkylation sites (N-methyl/N-ethyl adjacent to an activating group) is 1. The third-order valence-corrected chi connectivity index (χ3v) is 2.33. The maximum atomic E-state index is 13.3. The average Bonchev–Trinajstić information content (AvgIpc) is 2.18. The molecule has 5 heteroatoms. The molecule has 0 saturated carbocycles. The first-order valence-corrected chi connectivity index (χ1v) is 4.75. The van der Waals surface area contributed by atoms with Crippen LogP contribution in [0.4, 0.5) is 8.78 Å². The van der Waals surface area contributed by atoms with Crippen LogP contribution >= 0.6 is 0 Å². The number of carbonyl (C=O) groups is 1. The van der Waals surface area contributed by atoms with E-state index >= 15 is 0 Å². The van der Waals surface area contributed by atoms with E-state index < -0.39 is 23.6 Å². The Kier molecular flexibility index (Phi) is 3.95. The van der Waals surface area contributed by atoms with Gasteiger partial charge in [-0.3, -0.25) is 9.69 Å². The second-order valence-electron chi connectivity index (χ2n) is 3.76. The minimum atomic E-state index is -1.06. The van der Waals surface area contributed by atoms with Crippen molar-refractivity contribution >= 4 is 5.97 Å². The molecule has 0 heterocycles. The average molecular weight is 229 g/mol. The fourth-order valence-electron chi connectivity index (χ4n) is 1.40. The minimum Gasteiger partial charge on any atom is -0.480 e. The van der Waals surface area contributed by atoms with Gasteiger partial charge in [-0.1, -0.05) is 0 Å². The maximum Gasteiger partial charge on any atom is 0.321 e. The van der Waals surface area contributed by atoms with Gasteiger partial charge in [0.25, 0.3) is 0 Å². The van der Waals surface area contributed by atoms with Crippen molar-refractivity contribution in [2.24, 2.45) is 0 Å². The maximum absolute atomic E-state index is 13.3. The fourth-order valence-corrected chi connectivity index (χ4v) is 1.40. The third-order valence-electron chi connectivity index (χ3n) is 2.33. The highest BCUT2D eigenvalue weighted by molar-refractivity contribution is 5.73. The number of carboxylic acid groups (broad SMARTS) is 1. The number of carboxylic acids is 1. The van der Waals surface area contributed by atoms with Crippen molar-refractivity contribution in [2.75, 3.05) is 14.1 Å². The topological polar surface area (TPSA) is 40.5 Å². The first-order valence-electron chi connectivity index (χ1n) is 4.75. The van der Waals surface area contributed by atoms with Crippen LogP contribution in [-0.4, -0.2) is 36.1 Å². The Morgan fingerprint density at radius 1 is 1.44 bits per heavy atom. The van der Waals surface area contributed by atoms with E-state index in [-0.39, 0.29) is 12.0 Å². The Labute approximate surface area is 92.3 Å². The quantitative estimate of drug-likeness (QED) is 0.851. The molecule has 0 spiro atoms. The van der Waals surface area contributed by atoms with Crippen molar-refractivity contribution in [3.63, 3.8) is 0 Å². The molecule has 1 unspecified atom stereocenters. The van der Waals surface area contributed by atoms with Crippen LogP contribution in [0, 0.1) is 11.6 Å². The van der Waals surface area contributed by atoms with Crippen LogP contribution in [0.5, 0.6) is 0 Å². The summed E-state index contributed by atoms with van der Waals surface area (Å²) >= 11 is 0. The largest absolute Gasteiger partial charge is 0.480 e. The molecule has 1 aromatic rings. The van der Waals surface area contributed by atoms with Crippen molar-refractivity contribution < 1.29 is 18.7 Å². The smallest absolute Gasteiger partial charge is 0.321 e. The van der Waals surface area contributed by atoms with Gasteiger partial charge in [-0.25, -0.2) is 8.78 Å². The predicted molar refractivity (Wildman–Crippen MR) is 55.2 cm³/mol. The Balaban J connectivity index is 2.93. The summed E-state index contributed by atoms with van der Waals surface area (Å²) in [5.41, 5.74) is 0.0705. The highest BCUT2D eigenvalue weighted by atomic mass is 19.1. The number of aliphatic carboxylic acids is 1. The van der Waals surface area contributed by atoms with Gasteiger partial charge in [0.2, 0.25) is 0 Å². The van der Waals surface area contributed by atoms with Crippen molar-refractivity contribution in [1.82, 2.24) is 4.90 Å². The van der Waals surface area contributed by atoms with E-state index in [0.717, 1.165) is 18.2 Å². The van der Waals surface area contributed by atoms with Gasteiger partial charge in [-0.2, -0.15) is 0 Å². The Hall–Kier alpha value is -1.49. The SMILES string of the molecule is CN(C)C(Cc1cc(F)ccc1F)C(=O)O. The fraction of sp³-hybridized carbons (Fsp3) is 0.364. The minimum absolute atomic E-state index is 0.0636. The normalized spacial score (nSPS) is 12.8. The molecule has 1 atom stereocenters. The molecule has 0 aliphatic rings. The molecule has 0 radical (unpaired) electrons. The van der Waals surface area contributed by atoms with E-state index in [1.54, 1.807) is 14.1 Å². The van der Waals surface area contributed by atoms with E-state index in [1.165, 1.54) is 4.90 Å². The van der Waals surface area contributed by atoms with E-state index in [1.807, 2.05) is 0 Å². The second-order valence-corrected chi connectivity index (χ2v) is 3.76. The van der Waals surface area contributed by atoms with Crippen molar-refractivity contribution in [1.29, 1.82) is 0 Å². The Bertz CT molecular complexity index is 394. The summed E-state index contributed by atoms with van der Waals surface area (Å²) in [7, 11) is 3.16. The van der Waals surface area contributed by atoms with E-state index in [2.05, 4.69) is 0 Å². The lowest BCUT2D eigenvalue weighted by molar-refractivity contribution is -0.142. The van der Waals surface area contributed by atoms with Gasteiger partial charge in [-0.05, 0) is 37.9 Å². The van der Waals surface area contributed by atoms with Gasteiger partial charge in [0.05, 0.1) is 0 Å². The van der Waals surface area contributed by atoms with Crippen molar-refractivity contribution in [2.45, 2.75) is 12.5 Å². The number of hydrogen-bond acceptors (Lipinski definition) is 2. The molecule has 88 valence electrons. The lowest BCUT2D eigenvalue weighted by Crippen LogP contribution is -2.37. The van der Waals surface area contributed by atoms with Crippen LogP contribution in [0.15, 0.2) is 18.2 Å². The van der Waals surface area contributed by atoms with Gasteiger partial charge in [0.1, 0.15) is 17.7 Å². The number of hydrogen-bond donors (Lipinski definition) is 1. The lowest BCUT2D eigenvalue weighted by atomic mass is 10.0. The Morgan fingerprint density at radius 3 is 2.56 bits per heavy atom. The zero-order valence-corrected chi connectivity index (χ0v) is 9.08. The van der Waals surface area contributed by atoms with E-state index in [9.17, 15) is 13.6 Å². The molecule has 1 rings (SSSR count). The monoisotopic (exact) mass is 229 g/mol. The summed E-state index contributed by atoms with van der Waals surface area (Å²) in [5, 5.41) is 8.91. The summed E-state index contributed by atoms with van der Waals surface area (Å²) in [6, 6.07) is 2.16. The van der Waals surface area contributed by atoms with Crippen LogP contribution in [0.3, 0.4) is 0 Å². The summed E-state index contributed by atoms with van der Waals surface area (Å²) in [4.78, 5) is 12.3. The molecule has 16 heavy (non-hydrogen) atoms. The summed E-state index contributed by atoms with van der Waals surface area (Å²) in [6.45, 7) is 0. The summed E-state index contributed by atoms with van der Waals surface area (Å²) in [5.74, 6) is -2.22. The zero-order chi connectivity index (χ0) is 12.3. The van der Waals surface area contributed by atoms with Crippen LogP contribution in [-0.2, 0) is 11.2 Å². The van der Waals surface area contributed by atoms with Crippen LogP contribution in [0.25, 0.3) is 0 Å². The molecule has 0 aliphatic heterocycles. The summed E-state index contributed by atoms with van der Waals surface area (Å²) in [6.07, 6.45) is -0.0636. The summed E-state index contributed by atoms with van der Waals surface area (Å²) < 4.78 is 26.2. The molecule has 0 aliphatic carbocycles. The number of rotatable bonds is 4. The van der Waals surface area contributed by atoms with Crippen LogP contribution in [0.2, 0.25) is 0 Å². The van der Waals surface area contributed by atoms with Crippen molar-refractivity contribution in [3.05, 3.63) is 35.4 Å². The highest BCUT2D eigenvalue weighted by Crippen LogP contribution is 2.13. The number of nitrogens with zero attached hydrogens (tertiary/aromatic N) is 1. The number of benzene rings is 1. The highest BCUT2D eigenvalue weighted by Gasteiger charge is 2.21. The molecular weight excluding hydrogens is 216 g/mol. The molecule has 1 N–H and O–H groups in total. The molecule has 0 fully saturated rings. The second kappa shape index (κ2) is 5.03. The predicted octanol–water partition coefficient (Wildman–Crippen LogP) is 1.52. The molecule has 0 bridgehead atoms.